The lowest BCUT2D eigenvalue weighted by Gasteiger charge is -2.08. The third kappa shape index (κ3) is 2.03. The number of benzene rings is 2. The number of methoxy groups -OCH3 is 2. The Morgan fingerprint density at radius 1 is 0.950 bits per heavy atom. The number of aromatic nitrogens is 2. The van der Waals surface area contributed by atoms with Crippen LogP contribution in [0.3, 0.4) is 0 Å². The minimum atomic E-state index is 0.509. The SMILES string of the molecule is COc1cc(OC)cc(-c2ccc3c(N)n[nH]c3c2)c1. The van der Waals surface area contributed by atoms with Crippen LogP contribution in [-0.4, -0.2) is 24.4 Å². The van der Waals surface area contributed by atoms with Gasteiger partial charge in [-0.05, 0) is 35.4 Å². The van der Waals surface area contributed by atoms with Crippen molar-refractivity contribution in [3.63, 3.8) is 0 Å². The van der Waals surface area contributed by atoms with Crippen LogP contribution < -0.4 is 15.2 Å². The van der Waals surface area contributed by atoms with Crippen molar-refractivity contribution in [1.82, 2.24) is 10.2 Å². The molecule has 0 aliphatic carbocycles. The molecule has 0 aliphatic heterocycles. The van der Waals surface area contributed by atoms with Crippen LogP contribution in [0.15, 0.2) is 36.4 Å². The van der Waals surface area contributed by atoms with E-state index in [4.69, 9.17) is 15.2 Å². The van der Waals surface area contributed by atoms with Crippen LogP contribution in [-0.2, 0) is 0 Å². The summed E-state index contributed by atoms with van der Waals surface area (Å²) in [6.07, 6.45) is 0. The monoisotopic (exact) mass is 269 g/mol. The molecule has 0 radical (unpaired) electrons. The molecule has 0 saturated heterocycles. The van der Waals surface area contributed by atoms with Crippen LogP contribution in [0.5, 0.6) is 11.5 Å². The zero-order valence-electron chi connectivity index (χ0n) is 11.3. The number of H-pyrrole nitrogens is 1. The molecule has 3 N–H and O–H groups in total. The highest BCUT2D eigenvalue weighted by Crippen LogP contribution is 2.31. The number of nitrogens with two attached hydrogens (primary N) is 1. The number of aromatic amines is 1. The number of hydrogen-bond acceptors (Lipinski definition) is 4. The summed E-state index contributed by atoms with van der Waals surface area (Å²) in [7, 11) is 3.27. The second-order valence-electron chi connectivity index (χ2n) is 4.47. The number of fused-ring (bicyclic) bond motifs is 1. The Bertz CT molecular complexity index is 743. The van der Waals surface area contributed by atoms with E-state index in [2.05, 4.69) is 10.2 Å². The van der Waals surface area contributed by atoms with Gasteiger partial charge in [0.25, 0.3) is 0 Å². The van der Waals surface area contributed by atoms with E-state index in [1.165, 1.54) is 0 Å². The second-order valence-corrected chi connectivity index (χ2v) is 4.47. The Kier molecular flexibility index (Phi) is 2.95. The number of hydrogen-bond donors (Lipinski definition) is 2. The van der Waals surface area contributed by atoms with Crippen LogP contribution in [0.4, 0.5) is 5.82 Å². The molecule has 3 rings (SSSR count). The molecule has 0 unspecified atom stereocenters. The smallest absolute Gasteiger partial charge is 0.153 e. The predicted octanol–water partition coefficient (Wildman–Crippen LogP) is 2.83. The first kappa shape index (κ1) is 12.3. The zero-order valence-corrected chi connectivity index (χ0v) is 11.3. The van der Waals surface area contributed by atoms with Gasteiger partial charge in [-0.1, -0.05) is 6.07 Å². The van der Waals surface area contributed by atoms with Gasteiger partial charge in [-0.25, -0.2) is 0 Å². The fourth-order valence-corrected chi connectivity index (χ4v) is 2.19. The highest BCUT2D eigenvalue weighted by Gasteiger charge is 2.07. The van der Waals surface area contributed by atoms with E-state index in [-0.39, 0.29) is 0 Å². The molecule has 1 heterocycles. The van der Waals surface area contributed by atoms with Crippen molar-refractivity contribution in [2.75, 3.05) is 20.0 Å². The third-order valence-corrected chi connectivity index (χ3v) is 3.28. The summed E-state index contributed by atoms with van der Waals surface area (Å²) >= 11 is 0. The summed E-state index contributed by atoms with van der Waals surface area (Å²) in [6.45, 7) is 0. The normalized spacial score (nSPS) is 10.7. The predicted molar refractivity (Wildman–Crippen MR) is 79.0 cm³/mol. The van der Waals surface area contributed by atoms with Gasteiger partial charge in [0.05, 0.1) is 19.7 Å². The Hall–Kier alpha value is -2.69. The fourth-order valence-electron chi connectivity index (χ4n) is 2.19. The van der Waals surface area contributed by atoms with Crippen LogP contribution in [0.1, 0.15) is 0 Å². The molecule has 1 aromatic heterocycles. The van der Waals surface area contributed by atoms with Crippen molar-refractivity contribution in [2.24, 2.45) is 0 Å². The highest BCUT2D eigenvalue weighted by atomic mass is 16.5. The van der Waals surface area contributed by atoms with Crippen LogP contribution in [0, 0.1) is 0 Å². The highest BCUT2D eigenvalue weighted by molar-refractivity contribution is 5.91. The minimum Gasteiger partial charge on any atom is -0.497 e. The molecule has 3 aromatic rings. The molecular weight excluding hydrogens is 254 g/mol. The molecule has 0 saturated carbocycles. The first-order valence-corrected chi connectivity index (χ1v) is 6.18. The number of ether oxygens (including phenoxy) is 2. The molecule has 5 heteroatoms. The van der Waals surface area contributed by atoms with Gasteiger partial charge in [-0.3, -0.25) is 5.10 Å². The van der Waals surface area contributed by atoms with Gasteiger partial charge < -0.3 is 15.2 Å². The van der Waals surface area contributed by atoms with Crippen molar-refractivity contribution in [3.05, 3.63) is 36.4 Å². The molecule has 5 nitrogen and oxygen atoms in total. The third-order valence-electron chi connectivity index (χ3n) is 3.28. The molecular formula is C15H15N3O2. The molecule has 0 aliphatic rings. The van der Waals surface area contributed by atoms with E-state index >= 15 is 0 Å². The van der Waals surface area contributed by atoms with Gasteiger partial charge in [-0.15, -0.1) is 0 Å². The molecule has 0 atom stereocenters. The number of nitrogen functional groups attached to an aromatic ring is 1. The van der Waals surface area contributed by atoms with E-state index < -0.39 is 0 Å². The minimum absolute atomic E-state index is 0.509. The maximum absolute atomic E-state index is 5.77. The van der Waals surface area contributed by atoms with E-state index in [1.54, 1.807) is 14.2 Å². The van der Waals surface area contributed by atoms with Crippen molar-refractivity contribution in [1.29, 1.82) is 0 Å². The summed E-state index contributed by atoms with van der Waals surface area (Å²) in [5.74, 6) is 2.02. The molecule has 0 spiro atoms. The lowest BCUT2D eigenvalue weighted by Crippen LogP contribution is -1.89. The van der Waals surface area contributed by atoms with Crippen LogP contribution in [0.25, 0.3) is 22.0 Å². The number of nitrogens with zero attached hydrogens (tertiary/aromatic N) is 1. The van der Waals surface area contributed by atoms with Gasteiger partial charge >= 0.3 is 0 Å². The lowest BCUT2D eigenvalue weighted by atomic mass is 10.0. The molecule has 102 valence electrons. The van der Waals surface area contributed by atoms with Gasteiger partial charge in [0.2, 0.25) is 0 Å². The topological polar surface area (TPSA) is 73.2 Å². The molecule has 0 fully saturated rings. The quantitative estimate of drug-likeness (QED) is 0.766. The van der Waals surface area contributed by atoms with E-state index in [0.717, 1.165) is 33.5 Å². The van der Waals surface area contributed by atoms with Crippen molar-refractivity contribution in [3.8, 4) is 22.6 Å². The first-order valence-electron chi connectivity index (χ1n) is 6.18. The molecule has 0 bridgehead atoms. The maximum Gasteiger partial charge on any atom is 0.153 e. The van der Waals surface area contributed by atoms with Crippen LogP contribution >= 0.6 is 0 Å². The Morgan fingerprint density at radius 3 is 2.30 bits per heavy atom. The van der Waals surface area contributed by atoms with Crippen molar-refractivity contribution < 1.29 is 9.47 Å². The maximum atomic E-state index is 5.77. The summed E-state index contributed by atoms with van der Waals surface area (Å²) in [6, 6.07) is 11.7. The number of anilines is 1. The first-order chi connectivity index (χ1) is 9.71. The Labute approximate surface area is 116 Å². The number of nitrogens with one attached hydrogen (secondary N) is 1. The van der Waals surface area contributed by atoms with E-state index in [9.17, 15) is 0 Å². The molecule has 20 heavy (non-hydrogen) atoms. The number of rotatable bonds is 3. The van der Waals surface area contributed by atoms with E-state index in [1.807, 2.05) is 36.4 Å². The standard InChI is InChI=1S/C15H15N3O2/c1-19-11-5-10(6-12(8-11)20-2)9-3-4-13-14(7-9)17-18-15(13)16/h3-8H,1-2H3,(H3,16,17,18). The lowest BCUT2D eigenvalue weighted by molar-refractivity contribution is 0.394. The van der Waals surface area contributed by atoms with E-state index in [0.29, 0.717) is 5.82 Å². The Morgan fingerprint density at radius 2 is 1.65 bits per heavy atom. The zero-order chi connectivity index (χ0) is 14.1. The van der Waals surface area contributed by atoms with Gasteiger partial charge in [0.1, 0.15) is 11.5 Å². The average Bonchev–Trinajstić information content (AvgIpc) is 2.87. The summed E-state index contributed by atoms with van der Waals surface area (Å²) in [4.78, 5) is 0. The molecule has 2 aromatic carbocycles. The largest absolute Gasteiger partial charge is 0.497 e. The fraction of sp³-hybridized carbons (Fsp3) is 0.133. The summed E-state index contributed by atoms with van der Waals surface area (Å²) < 4.78 is 10.6. The average molecular weight is 269 g/mol. The summed E-state index contributed by atoms with van der Waals surface area (Å²) in [5.41, 5.74) is 8.73. The van der Waals surface area contributed by atoms with Crippen LogP contribution in [0.2, 0.25) is 0 Å². The van der Waals surface area contributed by atoms with Gasteiger partial charge in [0.15, 0.2) is 5.82 Å². The summed E-state index contributed by atoms with van der Waals surface area (Å²) in [5, 5.41) is 7.84. The molecule has 0 amide bonds. The Balaban J connectivity index is 2.14. The van der Waals surface area contributed by atoms with Crippen molar-refractivity contribution in [2.45, 2.75) is 0 Å². The van der Waals surface area contributed by atoms with Crippen molar-refractivity contribution >= 4 is 16.7 Å². The van der Waals surface area contributed by atoms with Gasteiger partial charge in [0, 0.05) is 11.5 Å². The van der Waals surface area contributed by atoms with Gasteiger partial charge in [-0.2, -0.15) is 5.10 Å². The second kappa shape index (κ2) is 4.77.